The van der Waals surface area contributed by atoms with Crippen LogP contribution in [0.5, 0.6) is 11.5 Å². The topological polar surface area (TPSA) is 46.1 Å². The highest BCUT2D eigenvalue weighted by Crippen LogP contribution is 2.48. The first-order valence-corrected chi connectivity index (χ1v) is 9.05. The van der Waals surface area contributed by atoms with Gasteiger partial charge in [0, 0.05) is 27.2 Å². The van der Waals surface area contributed by atoms with E-state index >= 15 is 0 Å². The number of ether oxygens (including phenoxy) is 2. The summed E-state index contributed by atoms with van der Waals surface area (Å²) in [4.78, 5) is 6.64. The van der Waals surface area contributed by atoms with E-state index in [0.29, 0.717) is 6.79 Å². The van der Waals surface area contributed by atoms with E-state index in [1.807, 2.05) is 13.1 Å². The molecule has 24 heavy (non-hydrogen) atoms. The second kappa shape index (κ2) is 6.54. The number of guanidine groups is 1. The minimum Gasteiger partial charge on any atom is -0.454 e. The average molecular weight is 329 g/mol. The van der Waals surface area contributed by atoms with Crippen LogP contribution in [0.25, 0.3) is 0 Å². The number of rotatable bonds is 6. The first kappa shape index (κ1) is 15.6. The first-order chi connectivity index (χ1) is 11.7. The van der Waals surface area contributed by atoms with Crippen molar-refractivity contribution in [2.75, 3.05) is 27.4 Å². The molecule has 0 aromatic heterocycles. The zero-order valence-electron chi connectivity index (χ0n) is 14.6. The van der Waals surface area contributed by atoms with Gasteiger partial charge in [-0.2, -0.15) is 0 Å². The standard InChI is InChI=1S/C19H27N3O2/c1-20-19(21-10-16(14-4-5-14)15-6-7-15)22(2)11-13-3-8-17-18(9-13)24-12-23-17/h3,8-9,14-16H,4-7,10-12H2,1-2H3,(H,20,21). The largest absolute Gasteiger partial charge is 0.454 e. The molecule has 0 saturated heterocycles. The summed E-state index contributed by atoms with van der Waals surface area (Å²) in [5, 5.41) is 3.60. The Bertz CT molecular complexity index is 611. The Balaban J connectivity index is 1.34. The summed E-state index contributed by atoms with van der Waals surface area (Å²) in [7, 11) is 3.95. The quantitative estimate of drug-likeness (QED) is 0.644. The number of benzene rings is 1. The van der Waals surface area contributed by atoms with Gasteiger partial charge in [0.05, 0.1) is 0 Å². The van der Waals surface area contributed by atoms with E-state index in [9.17, 15) is 0 Å². The molecule has 2 fully saturated rings. The molecule has 0 amide bonds. The molecule has 1 aromatic rings. The van der Waals surface area contributed by atoms with E-state index in [0.717, 1.165) is 48.3 Å². The van der Waals surface area contributed by atoms with Gasteiger partial charge in [-0.15, -0.1) is 0 Å². The lowest BCUT2D eigenvalue weighted by Gasteiger charge is -2.25. The molecule has 2 saturated carbocycles. The van der Waals surface area contributed by atoms with Gasteiger partial charge in [0.25, 0.3) is 0 Å². The van der Waals surface area contributed by atoms with Crippen LogP contribution in [0.15, 0.2) is 23.2 Å². The van der Waals surface area contributed by atoms with E-state index in [2.05, 4.69) is 34.4 Å². The van der Waals surface area contributed by atoms with Crippen LogP contribution in [0, 0.1) is 17.8 Å². The van der Waals surface area contributed by atoms with Gasteiger partial charge in [0.15, 0.2) is 17.5 Å². The van der Waals surface area contributed by atoms with Gasteiger partial charge in [0.1, 0.15) is 0 Å². The van der Waals surface area contributed by atoms with Crippen LogP contribution in [0.4, 0.5) is 0 Å². The summed E-state index contributed by atoms with van der Waals surface area (Å²) in [6.45, 7) is 2.18. The van der Waals surface area contributed by atoms with E-state index < -0.39 is 0 Å². The lowest BCUT2D eigenvalue weighted by molar-refractivity contribution is 0.174. The van der Waals surface area contributed by atoms with E-state index in [4.69, 9.17) is 9.47 Å². The predicted octanol–water partition coefficient (Wildman–Crippen LogP) is 2.86. The Hall–Kier alpha value is -1.91. The monoisotopic (exact) mass is 329 g/mol. The molecule has 4 rings (SSSR count). The number of aliphatic imine (C=N–C) groups is 1. The molecule has 0 atom stereocenters. The highest BCUT2D eigenvalue weighted by atomic mass is 16.7. The molecule has 1 N–H and O–H groups in total. The van der Waals surface area contributed by atoms with Crippen molar-refractivity contribution in [2.45, 2.75) is 32.2 Å². The Kier molecular flexibility index (Phi) is 4.25. The Labute approximate surface area is 144 Å². The second-order valence-corrected chi connectivity index (χ2v) is 7.31. The normalized spacial score (nSPS) is 19.7. The fourth-order valence-corrected chi connectivity index (χ4v) is 3.75. The average Bonchev–Trinajstić information content (AvgIpc) is 3.50. The van der Waals surface area contributed by atoms with E-state index in [1.165, 1.54) is 31.2 Å². The SMILES string of the molecule is CN=C(NCC(C1CC1)C1CC1)N(C)Cc1ccc2c(c1)OCO2. The molecule has 1 aliphatic heterocycles. The van der Waals surface area contributed by atoms with Crippen LogP contribution in [-0.2, 0) is 6.54 Å². The van der Waals surface area contributed by atoms with Crippen LogP contribution < -0.4 is 14.8 Å². The Morgan fingerprint density at radius 3 is 2.58 bits per heavy atom. The second-order valence-electron chi connectivity index (χ2n) is 7.31. The van der Waals surface area contributed by atoms with E-state index in [-0.39, 0.29) is 0 Å². The molecule has 0 bridgehead atoms. The minimum atomic E-state index is 0.321. The van der Waals surface area contributed by atoms with Gasteiger partial charge in [-0.25, -0.2) is 0 Å². The lowest BCUT2D eigenvalue weighted by atomic mass is 9.98. The maximum Gasteiger partial charge on any atom is 0.231 e. The van der Waals surface area contributed by atoms with Gasteiger partial charge in [-0.1, -0.05) is 6.07 Å². The van der Waals surface area contributed by atoms with Crippen LogP contribution in [0.1, 0.15) is 31.2 Å². The third-order valence-corrected chi connectivity index (χ3v) is 5.38. The molecule has 1 heterocycles. The number of nitrogens with one attached hydrogen (secondary N) is 1. The number of hydrogen-bond donors (Lipinski definition) is 1. The van der Waals surface area contributed by atoms with Crippen molar-refractivity contribution in [2.24, 2.45) is 22.7 Å². The van der Waals surface area contributed by atoms with Gasteiger partial charge in [-0.05, 0) is 61.1 Å². The summed E-state index contributed by atoms with van der Waals surface area (Å²) in [6, 6.07) is 6.13. The van der Waals surface area contributed by atoms with Crippen LogP contribution >= 0.6 is 0 Å². The first-order valence-electron chi connectivity index (χ1n) is 9.05. The summed E-state index contributed by atoms with van der Waals surface area (Å²) in [5.41, 5.74) is 1.20. The third kappa shape index (κ3) is 3.45. The zero-order valence-corrected chi connectivity index (χ0v) is 14.6. The molecule has 0 unspecified atom stereocenters. The van der Waals surface area contributed by atoms with Crippen molar-refractivity contribution in [1.82, 2.24) is 10.2 Å². The summed E-state index contributed by atoms with van der Waals surface area (Å²) < 4.78 is 10.8. The number of fused-ring (bicyclic) bond motifs is 1. The van der Waals surface area contributed by atoms with Gasteiger partial charge in [0.2, 0.25) is 6.79 Å². The van der Waals surface area contributed by atoms with Crippen molar-refractivity contribution in [3.8, 4) is 11.5 Å². The number of hydrogen-bond acceptors (Lipinski definition) is 3. The molecule has 130 valence electrons. The molecule has 3 aliphatic rings. The van der Waals surface area contributed by atoms with Gasteiger partial charge < -0.3 is 19.7 Å². The summed E-state index contributed by atoms with van der Waals surface area (Å²) in [6.07, 6.45) is 5.70. The summed E-state index contributed by atoms with van der Waals surface area (Å²) >= 11 is 0. The maximum absolute atomic E-state index is 5.47. The molecular formula is C19H27N3O2. The maximum atomic E-state index is 5.47. The Morgan fingerprint density at radius 2 is 1.92 bits per heavy atom. The van der Waals surface area contributed by atoms with Crippen molar-refractivity contribution in [1.29, 1.82) is 0 Å². The van der Waals surface area contributed by atoms with Crippen molar-refractivity contribution < 1.29 is 9.47 Å². The van der Waals surface area contributed by atoms with Crippen molar-refractivity contribution in [3.05, 3.63) is 23.8 Å². The summed E-state index contributed by atoms with van der Waals surface area (Å²) in [5.74, 6) is 5.41. The fourth-order valence-electron chi connectivity index (χ4n) is 3.75. The lowest BCUT2D eigenvalue weighted by Crippen LogP contribution is -2.41. The third-order valence-electron chi connectivity index (χ3n) is 5.38. The highest BCUT2D eigenvalue weighted by molar-refractivity contribution is 5.79. The number of nitrogens with zero attached hydrogens (tertiary/aromatic N) is 2. The Morgan fingerprint density at radius 1 is 1.21 bits per heavy atom. The molecule has 5 nitrogen and oxygen atoms in total. The smallest absolute Gasteiger partial charge is 0.231 e. The van der Waals surface area contributed by atoms with Crippen LogP contribution in [0.2, 0.25) is 0 Å². The van der Waals surface area contributed by atoms with Crippen LogP contribution in [0.3, 0.4) is 0 Å². The highest BCUT2D eigenvalue weighted by Gasteiger charge is 2.41. The molecule has 0 spiro atoms. The zero-order chi connectivity index (χ0) is 16.5. The van der Waals surface area contributed by atoms with Gasteiger partial charge in [-0.3, -0.25) is 4.99 Å². The van der Waals surface area contributed by atoms with Crippen molar-refractivity contribution in [3.63, 3.8) is 0 Å². The fraction of sp³-hybridized carbons (Fsp3) is 0.632. The van der Waals surface area contributed by atoms with Crippen LogP contribution in [-0.4, -0.2) is 38.3 Å². The van der Waals surface area contributed by atoms with Gasteiger partial charge >= 0.3 is 0 Å². The molecule has 0 radical (unpaired) electrons. The molecule has 2 aliphatic carbocycles. The van der Waals surface area contributed by atoms with E-state index in [1.54, 1.807) is 0 Å². The predicted molar refractivity (Wildman–Crippen MR) is 94.3 cm³/mol. The molecule has 5 heteroatoms. The molecule has 1 aromatic carbocycles. The minimum absolute atomic E-state index is 0.321. The van der Waals surface area contributed by atoms with Crippen molar-refractivity contribution >= 4 is 5.96 Å². The molecular weight excluding hydrogens is 302 g/mol.